The van der Waals surface area contributed by atoms with Crippen LogP contribution in [0.3, 0.4) is 0 Å². The predicted octanol–water partition coefficient (Wildman–Crippen LogP) is 4.24. The molecule has 1 saturated carbocycles. The van der Waals surface area contributed by atoms with E-state index in [-0.39, 0.29) is 0 Å². The zero-order valence-electron chi connectivity index (χ0n) is 12.0. The molecule has 1 unspecified atom stereocenters. The van der Waals surface area contributed by atoms with Gasteiger partial charge in [-0.2, -0.15) is 0 Å². The zero-order valence-corrected chi connectivity index (χ0v) is 12.0. The summed E-state index contributed by atoms with van der Waals surface area (Å²) >= 11 is 0. The Labute approximate surface area is 112 Å². The normalized spacial score (nSPS) is 30.1. The van der Waals surface area contributed by atoms with Crippen molar-refractivity contribution >= 4 is 0 Å². The van der Waals surface area contributed by atoms with Crippen molar-refractivity contribution in [1.82, 2.24) is 5.32 Å². The highest BCUT2D eigenvalue weighted by Crippen LogP contribution is 2.34. The second-order valence-corrected chi connectivity index (χ2v) is 6.33. The standard InChI is InChI=1S/C17H27N/c1-13-9-14(2)11-17(10-13)15(3)18-12-16-7-5-4-6-8-16/h4-8,13-15,17-18H,9-12H2,1-3H3/t13-,14+,15-,17?/m0/s1. The van der Waals surface area contributed by atoms with Crippen LogP contribution in [0.5, 0.6) is 0 Å². The summed E-state index contributed by atoms with van der Waals surface area (Å²) in [6.45, 7) is 8.18. The quantitative estimate of drug-likeness (QED) is 0.836. The van der Waals surface area contributed by atoms with E-state index in [0.717, 1.165) is 24.3 Å². The van der Waals surface area contributed by atoms with Gasteiger partial charge in [0.05, 0.1) is 0 Å². The van der Waals surface area contributed by atoms with Gasteiger partial charge in [-0.1, -0.05) is 44.2 Å². The first-order chi connectivity index (χ1) is 8.65. The molecule has 0 heterocycles. The van der Waals surface area contributed by atoms with E-state index in [2.05, 4.69) is 56.4 Å². The van der Waals surface area contributed by atoms with Crippen LogP contribution in [0.2, 0.25) is 0 Å². The Kier molecular flexibility index (Phi) is 4.82. The fourth-order valence-corrected chi connectivity index (χ4v) is 3.46. The molecule has 0 saturated heterocycles. The minimum absolute atomic E-state index is 0.635. The van der Waals surface area contributed by atoms with Gasteiger partial charge in [-0.3, -0.25) is 0 Å². The van der Waals surface area contributed by atoms with Crippen LogP contribution < -0.4 is 5.32 Å². The molecular weight excluding hydrogens is 218 g/mol. The predicted molar refractivity (Wildman–Crippen MR) is 78.4 cm³/mol. The van der Waals surface area contributed by atoms with Gasteiger partial charge in [-0.05, 0) is 49.5 Å². The molecule has 0 amide bonds. The van der Waals surface area contributed by atoms with Crippen molar-refractivity contribution in [3.8, 4) is 0 Å². The van der Waals surface area contributed by atoms with E-state index in [4.69, 9.17) is 0 Å². The summed E-state index contributed by atoms with van der Waals surface area (Å²) in [6, 6.07) is 11.4. The van der Waals surface area contributed by atoms with Crippen LogP contribution in [-0.2, 0) is 6.54 Å². The Morgan fingerprint density at radius 3 is 2.28 bits per heavy atom. The topological polar surface area (TPSA) is 12.0 Å². The van der Waals surface area contributed by atoms with E-state index >= 15 is 0 Å². The molecule has 100 valence electrons. The number of nitrogens with one attached hydrogen (secondary N) is 1. The second-order valence-electron chi connectivity index (χ2n) is 6.33. The summed E-state index contributed by atoms with van der Waals surface area (Å²) < 4.78 is 0. The Morgan fingerprint density at radius 2 is 1.67 bits per heavy atom. The summed E-state index contributed by atoms with van der Waals surface area (Å²) in [4.78, 5) is 0. The summed E-state index contributed by atoms with van der Waals surface area (Å²) in [5.41, 5.74) is 1.39. The first kappa shape index (κ1) is 13.6. The monoisotopic (exact) mass is 245 g/mol. The molecule has 0 radical (unpaired) electrons. The van der Waals surface area contributed by atoms with E-state index in [0.29, 0.717) is 6.04 Å². The lowest BCUT2D eigenvalue weighted by Gasteiger charge is -2.35. The van der Waals surface area contributed by atoms with Crippen LogP contribution >= 0.6 is 0 Å². The van der Waals surface area contributed by atoms with Gasteiger partial charge in [0.2, 0.25) is 0 Å². The van der Waals surface area contributed by atoms with Crippen molar-refractivity contribution < 1.29 is 0 Å². The molecule has 18 heavy (non-hydrogen) atoms. The molecule has 1 nitrogen and oxygen atoms in total. The fraction of sp³-hybridized carbons (Fsp3) is 0.647. The Morgan fingerprint density at radius 1 is 1.06 bits per heavy atom. The van der Waals surface area contributed by atoms with Crippen molar-refractivity contribution in [2.45, 2.75) is 52.6 Å². The van der Waals surface area contributed by atoms with E-state index in [9.17, 15) is 0 Å². The molecule has 0 spiro atoms. The second kappa shape index (κ2) is 6.38. The molecule has 4 atom stereocenters. The Bertz CT molecular complexity index is 336. The number of benzene rings is 1. The molecule has 1 aliphatic rings. The molecule has 1 aromatic rings. The smallest absolute Gasteiger partial charge is 0.0208 e. The molecular formula is C17H27N. The van der Waals surface area contributed by atoms with E-state index in [1.165, 1.54) is 24.8 Å². The molecule has 1 fully saturated rings. The van der Waals surface area contributed by atoms with Gasteiger partial charge in [-0.25, -0.2) is 0 Å². The van der Waals surface area contributed by atoms with Gasteiger partial charge in [0.15, 0.2) is 0 Å². The van der Waals surface area contributed by atoms with E-state index < -0.39 is 0 Å². The zero-order chi connectivity index (χ0) is 13.0. The van der Waals surface area contributed by atoms with Gasteiger partial charge in [0.25, 0.3) is 0 Å². The fourth-order valence-electron chi connectivity index (χ4n) is 3.46. The highest BCUT2D eigenvalue weighted by Gasteiger charge is 2.27. The van der Waals surface area contributed by atoms with Gasteiger partial charge >= 0.3 is 0 Å². The van der Waals surface area contributed by atoms with Crippen molar-refractivity contribution in [1.29, 1.82) is 0 Å². The average molecular weight is 245 g/mol. The van der Waals surface area contributed by atoms with Crippen LogP contribution in [0, 0.1) is 17.8 Å². The molecule has 2 rings (SSSR count). The summed E-state index contributed by atoms with van der Waals surface area (Å²) in [5.74, 6) is 2.66. The van der Waals surface area contributed by atoms with Crippen LogP contribution in [0.25, 0.3) is 0 Å². The van der Waals surface area contributed by atoms with Crippen LogP contribution in [0.15, 0.2) is 30.3 Å². The number of rotatable bonds is 4. The maximum Gasteiger partial charge on any atom is 0.0208 e. The van der Waals surface area contributed by atoms with Crippen molar-refractivity contribution in [2.75, 3.05) is 0 Å². The molecule has 0 aliphatic heterocycles. The number of hydrogen-bond acceptors (Lipinski definition) is 1. The Balaban J connectivity index is 1.82. The SMILES string of the molecule is C[C@@H]1CC([C@H](C)NCc2ccccc2)C[C@H](C)C1. The van der Waals surface area contributed by atoms with Gasteiger partial charge in [0, 0.05) is 12.6 Å². The van der Waals surface area contributed by atoms with E-state index in [1.807, 2.05) is 0 Å². The largest absolute Gasteiger partial charge is 0.310 e. The minimum Gasteiger partial charge on any atom is -0.310 e. The summed E-state index contributed by atoms with van der Waals surface area (Å²) in [5, 5.41) is 3.71. The summed E-state index contributed by atoms with van der Waals surface area (Å²) in [6.07, 6.45) is 4.21. The van der Waals surface area contributed by atoms with Gasteiger partial charge in [0.1, 0.15) is 0 Å². The van der Waals surface area contributed by atoms with Crippen LogP contribution in [-0.4, -0.2) is 6.04 Å². The lowest BCUT2D eigenvalue weighted by Crippen LogP contribution is -2.37. The minimum atomic E-state index is 0.635. The van der Waals surface area contributed by atoms with Crippen molar-refractivity contribution in [3.05, 3.63) is 35.9 Å². The maximum absolute atomic E-state index is 3.71. The van der Waals surface area contributed by atoms with Gasteiger partial charge in [-0.15, -0.1) is 0 Å². The molecule has 0 bridgehead atoms. The highest BCUT2D eigenvalue weighted by atomic mass is 14.9. The lowest BCUT2D eigenvalue weighted by atomic mass is 9.74. The number of hydrogen-bond donors (Lipinski definition) is 1. The van der Waals surface area contributed by atoms with Crippen LogP contribution in [0.4, 0.5) is 0 Å². The first-order valence-corrected chi connectivity index (χ1v) is 7.42. The van der Waals surface area contributed by atoms with Crippen molar-refractivity contribution in [2.24, 2.45) is 17.8 Å². The molecule has 1 aliphatic carbocycles. The third-order valence-electron chi connectivity index (χ3n) is 4.39. The lowest BCUT2D eigenvalue weighted by molar-refractivity contribution is 0.182. The third-order valence-corrected chi connectivity index (χ3v) is 4.39. The first-order valence-electron chi connectivity index (χ1n) is 7.42. The molecule has 0 aromatic heterocycles. The highest BCUT2D eigenvalue weighted by molar-refractivity contribution is 5.14. The molecule has 1 aromatic carbocycles. The third kappa shape index (κ3) is 3.84. The van der Waals surface area contributed by atoms with Gasteiger partial charge < -0.3 is 5.32 Å². The molecule has 1 N–H and O–H groups in total. The van der Waals surface area contributed by atoms with Crippen molar-refractivity contribution in [3.63, 3.8) is 0 Å². The summed E-state index contributed by atoms with van der Waals surface area (Å²) in [7, 11) is 0. The molecule has 1 heteroatoms. The van der Waals surface area contributed by atoms with E-state index in [1.54, 1.807) is 0 Å². The van der Waals surface area contributed by atoms with Crippen LogP contribution in [0.1, 0.15) is 45.6 Å². The maximum atomic E-state index is 3.71. The Hall–Kier alpha value is -0.820. The average Bonchev–Trinajstić information content (AvgIpc) is 2.36.